The summed E-state index contributed by atoms with van der Waals surface area (Å²) in [4.78, 5) is 42.6. The van der Waals surface area contributed by atoms with Gasteiger partial charge >= 0.3 is 0 Å². The molecule has 7 nitrogen and oxygen atoms in total. The summed E-state index contributed by atoms with van der Waals surface area (Å²) >= 11 is 0. The lowest BCUT2D eigenvalue weighted by atomic mass is 10.1. The molecule has 1 aromatic carbocycles. The lowest BCUT2D eigenvalue weighted by molar-refractivity contribution is -0.119. The fraction of sp³-hybridized carbons (Fsp3) is 0.222. The van der Waals surface area contributed by atoms with Crippen LogP contribution in [0.5, 0.6) is 0 Å². The smallest absolute Gasteiger partial charge is 0.274 e. The molecule has 9 heteroatoms. The van der Waals surface area contributed by atoms with Crippen LogP contribution in [0.3, 0.4) is 0 Å². The van der Waals surface area contributed by atoms with E-state index in [1.807, 2.05) is 0 Å². The van der Waals surface area contributed by atoms with Crippen molar-refractivity contribution in [3.8, 4) is 0 Å². The Labute approximate surface area is 153 Å². The molecular formula is C18H16F2N4O3. The van der Waals surface area contributed by atoms with Gasteiger partial charge in [0.05, 0.1) is 0 Å². The highest BCUT2D eigenvalue weighted by Gasteiger charge is 2.22. The molecule has 0 bridgehead atoms. The summed E-state index contributed by atoms with van der Waals surface area (Å²) in [5.74, 6) is -2.97. The molecule has 3 amide bonds. The normalized spacial score (nSPS) is 14.0. The summed E-state index contributed by atoms with van der Waals surface area (Å²) in [6.07, 6.45) is 2.01. The van der Waals surface area contributed by atoms with E-state index in [-0.39, 0.29) is 17.2 Å². The summed E-state index contributed by atoms with van der Waals surface area (Å²) in [6, 6.07) is 5.94. The number of carbonyl (C=O) groups excluding carboxylic acids is 3. The Bertz CT molecular complexity index is 862. The van der Waals surface area contributed by atoms with Crippen molar-refractivity contribution in [3.05, 3.63) is 59.4 Å². The van der Waals surface area contributed by atoms with Gasteiger partial charge in [0, 0.05) is 37.9 Å². The van der Waals surface area contributed by atoms with E-state index in [0.717, 1.165) is 18.5 Å². The minimum absolute atomic E-state index is 0.143. The maximum absolute atomic E-state index is 13.7. The topological polar surface area (TPSA) is 82.6 Å². The van der Waals surface area contributed by atoms with Gasteiger partial charge in [0.2, 0.25) is 6.41 Å². The number of benzene rings is 1. The fourth-order valence-electron chi connectivity index (χ4n) is 2.70. The molecule has 2 heterocycles. The summed E-state index contributed by atoms with van der Waals surface area (Å²) in [6.45, 7) is 1.62. The highest BCUT2D eigenvalue weighted by molar-refractivity contribution is 6.04. The van der Waals surface area contributed by atoms with Gasteiger partial charge in [-0.1, -0.05) is 6.07 Å². The molecule has 2 aromatic rings. The lowest BCUT2D eigenvalue weighted by Gasteiger charge is -2.32. The number of hydrogen-bond donors (Lipinski definition) is 1. The largest absolute Gasteiger partial charge is 0.342 e. The Morgan fingerprint density at radius 3 is 2.37 bits per heavy atom. The summed E-state index contributed by atoms with van der Waals surface area (Å²) in [5, 5.41) is 2.13. The van der Waals surface area contributed by atoms with Crippen molar-refractivity contribution in [1.82, 2.24) is 14.8 Å². The summed E-state index contributed by atoms with van der Waals surface area (Å²) < 4.78 is 27.3. The first-order chi connectivity index (χ1) is 13.0. The average molecular weight is 374 g/mol. The SMILES string of the molecule is O=CN1CCN(C(=O)c2ccnc(C(=O)Nc3c(F)cccc3F)c2)CC1. The second-order valence-corrected chi connectivity index (χ2v) is 5.91. The zero-order chi connectivity index (χ0) is 19.4. The van der Waals surface area contributed by atoms with Gasteiger partial charge in [0.1, 0.15) is 23.0 Å². The van der Waals surface area contributed by atoms with Gasteiger partial charge in [-0.25, -0.2) is 8.78 Å². The molecule has 0 atom stereocenters. The van der Waals surface area contributed by atoms with Gasteiger partial charge in [0.25, 0.3) is 11.8 Å². The van der Waals surface area contributed by atoms with Crippen LogP contribution >= 0.6 is 0 Å². The predicted octanol–water partition coefficient (Wildman–Crippen LogP) is 1.53. The molecular weight excluding hydrogens is 358 g/mol. The first kappa shape index (κ1) is 18.4. The van der Waals surface area contributed by atoms with E-state index in [1.165, 1.54) is 24.4 Å². The number of nitrogens with zero attached hydrogens (tertiary/aromatic N) is 3. The maximum atomic E-state index is 13.7. The molecule has 1 N–H and O–H groups in total. The van der Waals surface area contributed by atoms with Crippen LogP contribution in [0, 0.1) is 11.6 Å². The molecule has 0 saturated carbocycles. The highest BCUT2D eigenvalue weighted by atomic mass is 19.1. The second-order valence-electron chi connectivity index (χ2n) is 5.91. The number of para-hydroxylation sites is 1. The number of halogens is 2. The Balaban J connectivity index is 1.74. The number of rotatable bonds is 4. The second kappa shape index (κ2) is 7.90. The van der Waals surface area contributed by atoms with Crippen LogP contribution in [0.1, 0.15) is 20.8 Å². The van der Waals surface area contributed by atoms with Gasteiger partial charge in [0.15, 0.2) is 0 Å². The Morgan fingerprint density at radius 1 is 1.07 bits per heavy atom. The first-order valence-electron chi connectivity index (χ1n) is 8.19. The Hall–Kier alpha value is -3.36. The van der Waals surface area contributed by atoms with Crippen LogP contribution in [0.4, 0.5) is 14.5 Å². The molecule has 0 radical (unpaired) electrons. The van der Waals surface area contributed by atoms with Crippen LogP contribution in [-0.2, 0) is 4.79 Å². The van der Waals surface area contributed by atoms with Crippen LogP contribution in [0.25, 0.3) is 0 Å². The van der Waals surface area contributed by atoms with Crippen molar-refractivity contribution in [2.24, 2.45) is 0 Å². The summed E-state index contributed by atoms with van der Waals surface area (Å²) in [5.41, 5.74) is -0.496. The quantitative estimate of drug-likeness (QED) is 0.823. The van der Waals surface area contributed by atoms with Gasteiger partial charge in [-0.2, -0.15) is 0 Å². The Kier molecular flexibility index (Phi) is 5.39. The monoisotopic (exact) mass is 374 g/mol. The van der Waals surface area contributed by atoms with Crippen LogP contribution in [0.15, 0.2) is 36.5 Å². The zero-order valence-electron chi connectivity index (χ0n) is 14.2. The standard InChI is InChI=1S/C18H16F2N4O3/c19-13-2-1-3-14(20)16(13)22-17(26)15-10-12(4-5-21-15)18(27)24-8-6-23(11-25)7-9-24/h1-5,10-11H,6-9H2,(H,22,26). The molecule has 3 rings (SSSR count). The van der Waals surface area contributed by atoms with E-state index in [2.05, 4.69) is 10.3 Å². The predicted molar refractivity (Wildman–Crippen MR) is 92.1 cm³/mol. The van der Waals surface area contributed by atoms with E-state index in [9.17, 15) is 23.2 Å². The van der Waals surface area contributed by atoms with Crippen LogP contribution in [0.2, 0.25) is 0 Å². The minimum atomic E-state index is -0.913. The van der Waals surface area contributed by atoms with Crippen molar-refractivity contribution in [3.63, 3.8) is 0 Å². The molecule has 1 aliphatic rings. The molecule has 140 valence electrons. The van der Waals surface area contributed by atoms with E-state index >= 15 is 0 Å². The maximum Gasteiger partial charge on any atom is 0.274 e. The number of anilines is 1. The number of aromatic nitrogens is 1. The third-order valence-electron chi connectivity index (χ3n) is 4.19. The number of hydrogen-bond acceptors (Lipinski definition) is 4. The van der Waals surface area contributed by atoms with Crippen molar-refractivity contribution in [1.29, 1.82) is 0 Å². The molecule has 1 saturated heterocycles. The van der Waals surface area contributed by atoms with E-state index in [0.29, 0.717) is 26.2 Å². The molecule has 1 aromatic heterocycles. The van der Waals surface area contributed by atoms with Gasteiger partial charge < -0.3 is 15.1 Å². The fourth-order valence-corrected chi connectivity index (χ4v) is 2.70. The molecule has 0 unspecified atom stereocenters. The minimum Gasteiger partial charge on any atom is -0.342 e. The van der Waals surface area contributed by atoms with E-state index in [4.69, 9.17) is 0 Å². The molecule has 27 heavy (non-hydrogen) atoms. The highest BCUT2D eigenvalue weighted by Crippen LogP contribution is 2.19. The van der Waals surface area contributed by atoms with Gasteiger partial charge in [-0.3, -0.25) is 19.4 Å². The molecule has 1 fully saturated rings. The number of amides is 3. The first-order valence-corrected chi connectivity index (χ1v) is 8.19. The van der Waals surface area contributed by atoms with Crippen molar-refractivity contribution in [2.75, 3.05) is 31.5 Å². The third-order valence-corrected chi connectivity index (χ3v) is 4.19. The number of piperazine rings is 1. The van der Waals surface area contributed by atoms with Gasteiger partial charge in [-0.05, 0) is 24.3 Å². The molecule has 1 aliphatic heterocycles. The Morgan fingerprint density at radius 2 is 1.74 bits per heavy atom. The van der Waals surface area contributed by atoms with Crippen LogP contribution < -0.4 is 5.32 Å². The summed E-state index contributed by atoms with van der Waals surface area (Å²) in [7, 11) is 0. The third kappa shape index (κ3) is 4.08. The number of carbonyl (C=O) groups is 3. The lowest BCUT2D eigenvalue weighted by Crippen LogP contribution is -2.48. The van der Waals surface area contributed by atoms with Crippen molar-refractivity contribution < 1.29 is 23.2 Å². The average Bonchev–Trinajstić information content (AvgIpc) is 2.70. The molecule has 0 spiro atoms. The van der Waals surface area contributed by atoms with Crippen molar-refractivity contribution in [2.45, 2.75) is 0 Å². The van der Waals surface area contributed by atoms with E-state index in [1.54, 1.807) is 9.80 Å². The van der Waals surface area contributed by atoms with Gasteiger partial charge in [-0.15, -0.1) is 0 Å². The van der Waals surface area contributed by atoms with Crippen LogP contribution in [-0.4, -0.2) is 59.2 Å². The number of nitrogens with one attached hydrogen (secondary N) is 1. The zero-order valence-corrected chi connectivity index (χ0v) is 14.2. The molecule has 0 aliphatic carbocycles. The van der Waals surface area contributed by atoms with Crippen molar-refractivity contribution >= 4 is 23.9 Å². The van der Waals surface area contributed by atoms with E-state index < -0.39 is 23.2 Å². The number of pyridine rings is 1.